The Hall–Kier alpha value is -1.80. The predicted octanol–water partition coefficient (Wildman–Crippen LogP) is -1.79. The van der Waals surface area contributed by atoms with Crippen LogP contribution in [0.2, 0.25) is 0 Å². The first-order chi connectivity index (χ1) is 10.9. The minimum Gasteiger partial charge on any atom is -0.344 e. The van der Waals surface area contributed by atoms with Crippen LogP contribution in [0, 0.1) is 0 Å². The van der Waals surface area contributed by atoms with Gasteiger partial charge in [-0.25, -0.2) is 4.79 Å². The lowest BCUT2D eigenvalue weighted by Crippen LogP contribution is -2.60. The number of quaternary nitrogens is 1. The molecule has 2 atom stereocenters. The van der Waals surface area contributed by atoms with Crippen molar-refractivity contribution in [3.05, 3.63) is 0 Å². The minimum absolute atomic E-state index is 0.109. The summed E-state index contributed by atoms with van der Waals surface area (Å²) in [4.78, 5) is 49.3. The molecule has 1 aliphatic heterocycles. The number of nitrogens with zero attached hydrogens (tertiary/aromatic N) is 1. The molecule has 8 nitrogen and oxygen atoms in total. The summed E-state index contributed by atoms with van der Waals surface area (Å²) in [6.45, 7) is 2.55. The number of hydrogen-bond donors (Lipinski definition) is 3. The van der Waals surface area contributed by atoms with Gasteiger partial charge in [-0.05, 0) is 26.3 Å². The first kappa shape index (κ1) is 19.2. The molecule has 0 radical (unpaired) electrons. The van der Waals surface area contributed by atoms with Gasteiger partial charge < -0.3 is 15.5 Å². The van der Waals surface area contributed by atoms with E-state index in [0.29, 0.717) is 25.8 Å². The van der Waals surface area contributed by atoms with Crippen molar-refractivity contribution in [1.29, 1.82) is 0 Å². The van der Waals surface area contributed by atoms with E-state index in [4.69, 9.17) is 0 Å². The van der Waals surface area contributed by atoms with Crippen LogP contribution in [0.1, 0.15) is 39.0 Å². The van der Waals surface area contributed by atoms with Crippen molar-refractivity contribution < 1.29 is 24.9 Å². The van der Waals surface area contributed by atoms with Gasteiger partial charge in [0.1, 0.15) is 12.1 Å². The van der Waals surface area contributed by atoms with Crippen LogP contribution in [0.15, 0.2) is 0 Å². The van der Waals surface area contributed by atoms with E-state index < -0.39 is 18.0 Å². The second-order valence-corrected chi connectivity index (χ2v) is 5.80. The Morgan fingerprint density at radius 3 is 2.57 bits per heavy atom. The first-order valence-corrected chi connectivity index (χ1v) is 8.02. The molecule has 5 N–H and O–H groups in total. The molecule has 0 spiro atoms. The lowest BCUT2D eigenvalue weighted by atomic mass is 10.0. The van der Waals surface area contributed by atoms with E-state index >= 15 is 0 Å². The second-order valence-electron chi connectivity index (χ2n) is 5.80. The molecule has 23 heavy (non-hydrogen) atoms. The SMILES string of the molecule is CCCC(=O)C(CC([NH3+])=O)NC(=O)C1CCCN1C(=O)CNC. The van der Waals surface area contributed by atoms with E-state index in [1.54, 1.807) is 7.05 Å². The molecule has 130 valence electrons. The van der Waals surface area contributed by atoms with Gasteiger partial charge in [-0.1, -0.05) is 6.92 Å². The van der Waals surface area contributed by atoms with Crippen molar-refractivity contribution >= 4 is 23.5 Å². The summed E-state index contributed by atoms with van der Waals surface area (Å²) in [7, 11) is 1.67. The Morgan fingerprint density at radius 1 is 1.30 bits per heavy atom. The average molecular weight is 327 g/mol. The van der Waals surface area contributed by atoms with Crippen molar-refractivity contribution in [3.8, 4) is 0 Å². The molecule has 0 saturated carbocycles. The zero-order chi connectivity index (χ0) is 17.4. The highest BCUT2D eigenvalue weighted by Gasteiger charge is 2.35. The average Bonchev–Trinajstić information content (AvgIpc) is 2.96. The van der Waals surface area contributed by atoms with Gasteiger partial charge in [-0.2, -0.15) is 0 Å². The molecule has 0 aromatic heterocycles. The van der Waals surface area contributed by atoms with Gasteiger partial charge in [0.25, 0.3) is 0 Å². The number of carbonyl (C=O) groups excluding carboxylic acids is 4. The number of likely N-dealkylation sites (N-methyl/N-ethyl adjacent to an activating group) is 1. The lowest BCUT2D eigenvalue weighted by molar-refractivity contribution is -0.306. The zero-order valence-electron chi connectivity index (χ0n) is 13.9. The largest absolute Gasteiger partial charge is 0.344 e. The van der Waals surface area contributed by atoms with Crippen molar-refractivity contribution in [1.82, 2.24) is 15.5 Å². The lowest BCUT2D eigenvalue weighted by Gasteiger charge is -2.25. The maximum atomic E-state index is 12.5. The van der Waals surface area contributed by atoms with Gasteiger partial charge in [0.05, 0.1) is 13.0 Å². The van der Waals surface area contributed by atoms with Gasteiger partial charge in [0.15, 0.2) is 5.78 Å². The van der Waals surface area contributed by atoms with Gasteiger partial charge in [-0.3, -0.25) is 20.1 Å². The molecule has 1 saturated heterocycles. The molecule has 0 aromatic carbocycles. The number of carbonyl (C=O) groups is 4. The van der Waals surface area contributed by atoms with Gasteiger partial charge >= 0.3 is 5.91 Å². The Labute approximate surface area is 136 Å². The molecule has 3 amide bonds. The summed E-state index contributed by atoms with van der Waals surface area (Å²) in [6, 6.07) is -1.43. The zero-order valence-corrected chi connectivity index (χ0v) is 13.9. The van der Waals surface area contributed by atoms with Crippen molar-refractivity contribution in [2.24, 2.45) is 0 Å². The Balaban J connectivity index is 2.74. The predicted molar refractivity (Wildman–Crippen MR) is 83.0 cm³/mol. The Bertz CT molecular complexity index is 466. The van der Waals surface area contributed by atoms with Crippen molar-refractivity contribution in [3.63, 3.8) is 0 Å². The van der Waals surface area contributed by atoms with Crippen LogP contribution in [0.5, 0.6) is 0 Å². The third-order valence-corrected chi connectivity index (χ3v) is 3.84. The number of Topliss-reactive ketones (excluding diaryl/α,β-unsaturated/α-hetero) is 1. The maximum Gasteiger partial charge on any atom is 0.311 e. The van der Waals surface area contributed by atoms with Crippen LogP contribution in [-0.4, -0.2) is 60.6 Å². The monoisotopic (exact) mass is 327 g/mol. The Morgan fingerprint density at radius 2 is 2.00 bits per heavy atom. The van der Waals surface area contributed by atoms with Crippen LogP contribution in [0.4, 0.5) is 0 Å². The van der Waals surface area contributed by atoms with E-state index in [2.05, 4.69) is 16.4 Å². The molecule has 1 fully saturated rings. The van der Waals surface area contributed by atoms with E-state index in [9.17, 15) is 19.2 Å². The minimum atomic E-state index is -0.852. The fourth-order valence-corrected chi connectivity index (χ4v) is 2.75. The van der Waals surface area contributed by atoms with Gasteiger partial charge in [0, 0.05) is 13.0 Å². The third-order valence-electron chi connectivity index (χ3n) is 3.84. The molecule has 0 bridgehead atoms. The molecule has 0 aromatic rings. The number of ketones is 1. The summed E-state index contributed by atoms with van der Waals surface area (Å²) in [5.74, 6) is -1.09. The standard InChI is InChI=1S/C15H26N4O4/c1-3-5-12(20)10(8-13(16)21)18-15(23)11-6-4-7-19(11)14(22)9-17-2/h10-11,17H,3-9H2,1-2H3,(H2,16,21)(H,18,23)/p+1. The van der Waals surface area contributed by atoms with E-state index in [1.165, 1.54) is 4.90 Å². The van der Waals surface area contributed by atoms with E-state index in [1.807, 2.05) is 6.92 Å². The summed E-state index contributed by atoms with van der Waals surface area (Å²) >= 11 is 0. The highest BCUT2D eigenvalue weighted by Crippen LogP contribution is 2.18. The molecular formula is C15H27N4O4+. The van der Waals surface area contributed by atoms with Crippen LogP contribution in [0.25, 0.3) is 0 Å². The molecule has 1 heterocycles. The molecular weight excluding hydrogens is 300 g/mol. The number of likely N-dealkylation sites (tertiary alicyclic amines) is 1. The summed E-state index contributed by atoms with van der Waals surface area (Å²) in [5.41, 5.74) is 3.28. The molecule has 8 heteroatoms. The summed E-state index contributed by atoms with van der Waals surface area (Å²) in [6.07, 6.45) is 2.14. The normalized spacial score (nSPS) is 18.6. The molecule has 2 unspecified atom stereocenters. The van der Waals surface area contributed by atoms with Crippen molar-refractivity contribution in [2.45, 2.75) is 51.1 Å². The number of rotatable bonds is 9. The Kier molecular flexibility index (Phi) is 7.84. The second kappa shape index (κ2) is 9.36. The van der Waals surface area contributed by atoms with Crippen LogP contribution >= 0.6 is 0 Å². The van der Waals surface area contributed by atoms with Gasteiger partial charge in [-0.15, -0.1) is 0 Å². The fraction of sp³-hybridized carbons (Fsp3) is 0.733. The van der Waals surface area contributed by atoms with E-state index in [0.717, 1.165) is 6.42 Å². The van der Waals surface area contributed by atoms with E-state index in [-0.39, 0.29) is 30.6 Å². The number of nitrogens with one attached hydrogen (secondary N) is 2. The number of amides is 3. The highest BCUT2D eigenvalue weighted by atomic mass is 16.2. The summed E-state index contributed by atoms with van der Waals surface area (Å²) < 4.78 is 0. The smallest absolute Gasteiger partial charge is 0.311 e. The summed E-state index contributed by atoms with van der Waals surface area (Å²) in [5, 5.41) is 5.41. The molecule has 1 aliphatic rings. The van der Waals surface area contributed by atoms with Crippen molar-refractivity contribution in [2.75, 3.05) is 20.1 Å². The van der Waals surface area contributed by atoms with Crippen LogP contribution < -0.4 is 16.4 Å². The topological polar surface area (TPSA) is 123 Å². The number of hydrogen-bond acceptors (Lipinski definition) is 5. The fourth-order valence-electron chi connectivity index (χ4n) is 2.75. The van der Waals surface area contributed by atoms with Crippen LogP contribution in [0.3, 0.4) is 0 Å². The first-order valence-electron chi connectivity index (χ1n) is 8.02. The van der Waals surface area contributed by atoms with Gasteiger partial charge in [0.2, 0.25) is 11.8 Å². The molecule has 1 rings (SSSR count). The maximum absolute atomic E-state index is 12.5. The third kappa shape index (κ3) is 5.72. The van der Waals surface area contributed by atoms with Crippen LogP contribution in [-0.2, 0) is 19.2 Å². The molecule has 0 aliphatic carbocycles. The highest BCUT2D eigenvalue weighted by molar-refractivity contribution is 5.94. The quantitative estimate of drug-likeness (QED) is 0.461.